The highest BCUT2D eigenvalue weighted by molar-refractivity contribution is 7.90. The third-order valence-electron chi connectivity index (χ3n) is 5.51. The van der Waals surface area contributed by atoms with Gasteiger partial charge in [-0.25, -0.2) is 13.1 Å². The Labute approximate surface area is 183 Å². The van der Waals surface area contributed by atoms with E-state index in [1.807, 2.05) is 0 Å². The van der Waals surface area contributed by atoms with Gasteiger partial charge in [0.05, 0.1) is 17.0 Å². The van der Waals surface area contributed by atoms with Gasteiger partial charge in [0.2, 0.25) is 10.0 Å². The molecule has 2 rings (SSSR count). The summed E-state index contributed by atoms with van der Waals surface area (Å²) in [5.41, 5.74) is 5.05. The molecule has 0 spiro atoms. The lowest BCUT2D eigenvalue weighted by molar-refractivity contribution is -0.00527. The Morgan fingerprint density at radius 2 is 1.53 bits per heavy atom. The number of aryl methyl sites for hydroxylation is 2. The van der Waals surface area contributed by atoms with Crippen LogP contribution in [0.15, 0.2) is 12.1 Å². The van der Waals surface area contributed by atoms with Gasteiger partial charge in [0.1, 0.15) is 0 Å². The maximum absolute atomic E-state index is 12.0. The number of sulfonamides is 1. The maximum atomic E-state index is 12.0. The number of hydrogen-bond acceptors (Lipinski definition) is 5. The second-order valence-corrected chi connectivity index (χ2v) is 12.1. The number of rotatable bonds is 9. The number of morpholine rings is 1. The molecule has 2 N–H and O–H groups in total. The first-order chi connectivity index (χ1) is 13.9. The highest BCUT2D eigenvalue weighted by Gasteiger charge is 2.28. The van der Waals surface area contributed by atoms with E-state index in [4.69, 9.17) is 4.74 Å². The lowest BCUT2D eigenvalue weighted by Gasteiger charge is -2.38. The van der Waals surface area contributed by atoms with E-state index in [9.17, 15) is 8.42 Å². The Balaban J connectivity index is 1.79. The molecular formula is C23H41N3O3S. The predicted molar refractivity (Wildman–Crippen MR) is 127 cm³/mol. The minimum atomic E-state index is -3.24. The van der Waals surface area contributed by atoms with Crippen molar-refractivity contribution in [2.45, 2.75) is 84.7 Å². The van der Waals surface area contributed by atoms with Gasteiger partial charge in [-0.15, -0.1) is 0 Å². The largest absolute Gasteiger partial charge is 0.385 e. The van der Waals surface area contributed by atoms with E-state index < -0.39 is 14.8 Å². The maximum Gasteiger partial charge on any atom is 0.216 e. The van der Waals surface area contributed by atoms with Crippen LogP contribution in [-0.2, 0) is 14.8 Å². The van der Waals surface area contributed by atoms with Gasteiger partial charge in [-0.3, -0.25) is 0 Å². The first kappa shape index (κ1) is 25.0. The number of unbranched alkanes of at least 4 members (excludes halogenated alkanes) is 2. The van der Waals surface area contributed by atoms with Crippen molar-refractivity contribution in [3.05, 3.63) is 23.3 Å². The lowest BCUT2D eigenvalue weighted by atomic mass is 10.0. The molecule has 0 aliphatic carbocycles. The van der Waals surface area contributed by atoms with E-state index in [-0.39, 0.29) is 12.2 Å². The topological polar surface area (TPSA) is 70.7 Å². The SMILES string of the molecule is Cc1cc(NCCCCCNS(=O)(=O)C(C)(C)C)cc(C)c1N1C[C@@H](C)O[C@@H](C)C1. The molecule has 1 aromatic carbocycles. The van der Waals surface area contributed by atoms with E-state index >= 15 is 0 Å². The summed E-state index contributed by atoms with van der Waals surface area (Å²) in [4.78, 5) is 2.45. The molecule has 0 saturated carbocycles. The van der Waals surface area contributed by atoms with Crippen LogP contribution in [0.25, 0.3) is 0 Å². The number of ether oxygens (including phenoxy) is 1. The molecule has 7 heteroatoms. The van der Waals surface area contributed by atoms with Crippen LogP contribution in [0.1, 0.15) is 65.0 Å². The molecule has 30 heavy (non-hydrogen) atoms. The molecule has 1 aromatic rings. The zero-order valence-electron chi connectivity index (χ0n) is 19.8. The molecule has 0 amide bonds. The Bertz CT molecular complexity index is 769. The van der Waals surface area contributed by atoms with Crippen molar-refractivity contribution in [2.75, 3.05) is 36.4 Å². The standard InChI is InChI=1S/C23H41N3O3S/c1-17-13-21(14-18(2)22(17)26-15-19(3)29-20(4)16-26)24-11-9-8-10-12-25-30(27,28)23(5,6)7/h13-14,19-20,24-25H,8-12,15-16H2,1-7H3/t19-,20+. The first-order valence-electron chi connectivity index (χ1n) is 11.2. The third-order valence-corrected chi connectivity index (χ3v) is 7.70. The Morgan fingerprint density at radius 1 is 1.00 bits per heavy atom. The minimum Gasteiger partial charge on any atom is -0.385 e. The first-order valence-corrected chi connectivity index (χ1v) is 12.6. The van der Waals surface area contributed by atoms with Gasteiger partial charge >= 0.3 is 0 Å². The molecule has 1 fully saturated rings. The molecule has 0 radical (unpaired) electrons. The molecule has 6 nitrogen and oxygen atoms in total. The van der Waals surface area contributed by atoms with Crippen LogP contribution in [0, 0.1) is 13.8 Å². The van der Waals surface area contributed by atoms with Crippen LogP contribution in [0.5, 0.6) is 0 Å². The van der Waals surface area contributed by atoms with Crippen molar-refractivity contribution in [3.8, 4) is 0 Å². The van der Waals surface area contributed by atoms with Crippen molar-refractivity contribution in [2.24, 2.45) is 0 Å². The predicted octanol–water partition coefficient (Wildman–Crippen LogP) is 4.22. The zero-order valence-corrected chi connectivity index (χ0v) is 20.7. The second kappa shape index (κ2) is 10.3. The molecular weight excluding hydrogens is 398 g/mol. The zero-order chi connectivity index (χ0) is 22.5. The summed E-state index contributed by atoms with van der Waals surface area (Å²) >= 11 is 0. The van der Waals surface area contributed by atoms with Crippen LogP contribution in [0.4, 0.5) is 11.4 Å². The minimum absolute atomic E-state index is 0.248. The molecule has 1 heterocycles. The molecule has 0 unspecified atom stereocenters. The Kier molecular flexibility index (Phi) is 8.60. The van der Waals surface area contributed by atoms with Crippen molar-refractivity contribution in [1.29, 1.82) is 0 Å². The van der Waals surface area contributed by atoms with E-state index in [1.165, 1.54) is 16.8 Å². The molecule has 1 aliphatic rings. The van der Waals surface area contributed by atoms with Crippen molar-refractivity contribution >= 4 is 21.4 Å². The van der Waals surface area contributed by atoms with Gasteiger partial charge in [-0.05, 0) is 84.6 Å². The van der Waals surface area contributed by atoms with Crippen molar-refractivity contribution in [1.82, 2.24) is 4.72 Å². The average molecular weight is 440 g/mol. The Morgan fingerprint density at radius 3 is 2.07 bits per heavy atom. The smallest absolute Gasteiger partial charge is 0.216 e. The highest BCUT2D eigenvalue weighted by atomic mass is 32.2. The van der Waals surface area contributed by atoms with Gasteiger partial charge < -0.3 is 15.0 Å². The highest BCUT2D eigenvalue weighted by Crippen LogP contribution is 2.30. The fraction of sp³-hybridized carbons (Fsp3) is 0.739. The third kappa shape index (κ3) is 6.86. The fourth-order valence-corrected chi connectivity index (χ4v) is 4.85. The Hall–Kier alpha value is -1.31. The van der Waals surface area contributed by atoms with Gasteiger partial charge in [0, 0.05) is 37.6 Å². The average Bonchev–Trinajstić information content (AvgIpc) is 2.58. The summed E-state index contributed by atoms with van der Waals surface area (Å²) in [6.07, 6.45) is 3.34. The molecule has 0 aromatic heterocycles. The number of hydrogen-bond donors (Lipinski definition) is 2. The number of benzene rings is 1. The number of nitrogens with zero attached hydrogens (tertiary/aromatic N) is 1. The van der Waals surface area contributed by atoms with Crippen LogP contribution >= 0.6 is 0 Å². The lowest BCUT2D eigenvalue weighted by Crippen LogP contribution is -2.46. The summed E-state index contributed by atoms with van der Waals surface area (Å²) in [6, 6.07) is 4.45. The molecule has 0 bridgehead atoms. The number of anilines is 2. The number of nitrogens with one attached hydrogen (secondary N) is 2. The van der Waals surface area contributed by atoms with E-state index in [1.54, 1.807) is 20.8 Å². The van der Waals surface area contributed by atoms with Crippen molar-refractivity contribution < 1.29 is 13.2 Å². The van der Waals surface area contributed by atoms with Gasteiger partial charge in [-0.1, -0.05) is 6.42 Å². The normalized spacial score (nSPS) is 20.4. The quantitative estimate of drug-likeness (QED) is 0.564. The summed E-state index contributed by atoms with van der Waals surface area (Å²) in [5.74, 6) is 0. The fourth-order valence-electron chi connectivity index (χ4n) is 4.00. The summed E-state index contributed by atoms with van der Waals surface area (Å²) in [7, 11) is -3.24. The van der Waals surface area contributed by atoms with E-state index in [2.05, 4.69) is 54.8 Å². The summed E-state index contributed by atoms with van der Waals surface area (Å²) < 4.78 is 31.9. The molecule has 172 valence electrons. The van der Waals surface area contributed by atoms with Crippen LogP contribution in [-0.4, -0.2) is 51.6 Å². The molecule has 2 atom stereocenters. The monoisotopic (exact) mass is 439 g/mol. The van der Waals surface area contributed by atoms with Crippen LogP contribution in [0.2, 0.25) is 0 Å². The second-order valence-electron chi connectivity index (χ2n) is 9.62. The summed E-state index contributed by atoms with van der Waals surface area (Å²) in [5, 5.41) is 3.52. The molecule has 1 aliphatic heterocycles. The van der Waals surface area contributed by atoms with E-state index in [0.29, 0.717) is 6.54 Å². The van der Waals surface area contributed by atoms with Crippen molar-refractivity contribution in [3.63, 3.8) is 0 Å². The van der Waals surface area contributed by atoms with Gasteiger partial charge in [-0.2, -0.15) is 0 Å². The van der Waals surface area contributed by atoms with Crippen LogP contribution < -0.4 is 14.9 Å². The van der Waals surface area contributed by atoms with Gasteiger partial charge in [0.25, 0.3) is 0 Å². The van der Waals surface area contributed by atoms with Gasteiger partial charge in [0.15, 0.2) is 0 Å². The summed E-state index contributed by atoms with van der Waals surface area (Å²) in [6.45, 7) is 17.0. The van der Waals surface area contributed by atoms with Crippen LogP contribution in [0.3, 0.4) is 0 Å². The molecule has 1 saturated heterocycles. The van der Waals surface area contributed by atoms with E-state index in [0.717, 1.165) is 44.6 Å².